The highest BCUT2D eigenvalue weighted by Gasteiger charge is 2.47. The third-order valence-corrected chi connectivity index (χ3v) is 4.60. The molecule has 1 aromatic rings. The number of carbonyl (C=O) groups excluding carboxylic acids is 2. The Morgan fingerprint density at radius 3 is 2.33 bits per heavy atom. The van der Waals surface area contributed by atoms with Crippen molar-refractivity contribution in [1.29, 1.82) is 0 Å². The van der Waals surface area contributed by atoms with Crippen molar-refractivity contribution in [3.05, 3.63) is 34.4 Å². The van der Waals surface area contributed by atoms with Gasteiger partial charge in [0.2, 0.25) is 0 Å². The van der Waals surface area contributed by atoms with Gasteiger partial charge in [-0.1, -0.05) is 12.8 Å². The van der Waals surface area contributed by atoms with Crippen LogP contribution < -0.4 is 0 Å². The first-order valence-corrected chi connectivity index (χ1v) is 8.35. The van der Waals surface area contributed by atoms with Crippen LogP contribution in [0.3, 0.4) is 0 Å². The minimum Gasteiger partial charge on any atom is -0.378 e. The Morgan fingerprint density at radius 1 is 1.17 bits per heavy atom. The summed E-state index contributed by atoms with van der Waals surface area (Å²) in [6.45, 7) is 7.59. The van der Waals surface area contributed by atoms with Crippen molar-refractivity contribution >= 4 is 11.8 Å². The number of hydrogen-bond donors (Lipinski definition) is 0. The fourth-order valence-corrected chi connectivity index (χ4v) is 3.55. The van der Waals surface area contributed by atoms with E-state index in [0.29, 0.717) is 26.3 Å². The van der Waals surface area contributed by atoms with Gasteiger partial charge in [-0.2, -0.15) is 0 Å². The van der Waals surface area contributed by atoms with Gasteiger partial charge in [0, 0.05) is 5.56 Å². The molecule has 0 radical (unpaired) electrons. The van der Waals surface area contributed by atoms with E-state index >= 15 is 0 Å². The molecule has 1 aromatic carbocycles. The molecule has 0 saturated carbocycles. The third-order valence-electron chi connectivity index (χ3n) is 4.60. The van der Waals surface area contributed by atoms with Crippen LogP contribution in [0, 0.1) is 18.8 Å². The molecule has 2 heterocycles. The Kier molecular flexibility index (Phi) is 4.59. The van der Waals surface area contributed by atoms with Crippen molar-refractivity contribution in [3.63, 3.8) is 0 Å². The van der Waals surface area contributed by atoms with Crippen LogP contribution in [0.4, 0.5) is 0 Å². The molecule has 0 aliphatic carbocycles. The van der Waals surface area contributed by atoms with E-state index in [1.807, 2.05) is 26.0 Å². The van der Waals surface area contributed by atoms with E-state index in [4.69, 9.17) is 4.74 Å². The van der Waals surface area contributed by atoms with E-state index in [1.54, 1.807) is 16.9 Å². The number of nitrogens with zero attached hydrogens (tertiary/aromatic N) is 2. The minimum absolute atomic E-state index is 0.141. The molecule has 5 nitrogen and oxygen atoms in total. The molecule has 0 unspecified atom stereocenters. The summed E-state index contributed by atoms with van der Waals surface area (Å²) in [5, 5.41) is 3.11. The lowest BCUT2D eigenvalue weighted by atomic mass is 9.87. The predicted octanol–water partition coefficient (Wildman–Crippen LogP) is 1.63. The van der Waals surface area contributed by atoms with Gasteiger partial charge in [-0.05, 0) is 49.1 Å². The molecular formula is C19H22N2O3. The van der Waals surface area contributed by atoms with Crippen LogP contribution in [0.5, 0.6) is 0 Å². The number of benzene rings is 1. The lowest BCUT2D eigenvalue weighted by Crippen LogP contribution is -2.41. The number of hydrogen-bond acceptors (Lipinski definition) is 3. The van der Waals surface area contributed by atoms with Gasteiger partial charge in [0.1, 0.15) is 5.92 Å². The highest BCUT2D eigenvalue weighted by atomic mass is 16.5. The maximum Gasteiger partial charge on any atom is 0.258 e. The zero-order valence-corrected chi connectivity index (χ0v) is 14.4. The monoisotopic (exact) mass is 326 g/mol. The molecule has 126 valence electrons. The molecular weight excluding hydrogens is 304 g/mol. The zero-order chi connectivity index (χ0) is 17.3. The number of rotatable bonds is 2. The van der Waals surface area contributed by atoms with Gasteiger partial charge in [0.15, 0.2) is 0 Å². The van der Waals surface area contributed by atoms with Gasteiger partial charge < -0.3 is 4.74 Å². The number of hydrazine groups is 1. The van der Waals surface area contributed by atoms with Gasteiger partial charge in [0.05, 0.1) is 26.3 Å². The van der Waals surface area contributed by atoms with Crippen molar-refractivity contribution in [1.82, 2.24) is 10.0 Å². The summed E-state index contributed by atoms with van der Waals surface area (Å²) in [6, 6.07) is 3.97. The van der Waals surface area contributed by atoms with E-state index in [0.717, 1.165) is 28.7 Å². The van der Waals surface area contributed by atoms with Gasteiger partial charge in [-0.3, -0.25) is 9.59 Å². The number of carbonyl (C=O) groups is 2. The zero-order valence-electron chi connectivity index (χ0n) is 14.4. The molecule has 2 saturated heterocycles. The Bertz CT molecular complexity index is 721. The van der Waals surface area contributed by atoms with E-state index in [-0.39, 0.29) is 11.8 Å². The summed E-state index contributed by atoms with van der Waals surface area (Å²) in [4.78, 5) is 25.8. The number of fused-ring (bicyclic) bond motifs is 1. The molecule has 2 aliphatic heterocycles. The topological polar surface area (TPSA) is 49.9 Å². The summed E-state index contributed by atoms with van der Waals surface area (Å²) in [5.41, 5.74) is 3.75. The van der Waals surface area contributed by atoms with E-state index in [1.165, 1.54) is 0 Å². The molecule has 5 heteroatoms. The fraction of sp³-hybridized carbons (Fsp3) is 0.474. The van der Waals surface area contributed by atoms with Crippen LogP contribution in [0.15, 0.2) is 12.1 Å². The Morgan fingerprint density at radius 2 is 1.79 bits per heavy atom. The molecule has 2 fully saturated rings. The van der Waals surface area contributed by atoms with Crippen LogP contribution in [0.1, 0.15) is 42.0 Å². The van der Waals surface area contributed by atoms with Gasteiger partial charge in [-0.15, -0.1) is 5.92 Å². The molecule has 0 spiro atoms. The maximum atomic E-state index is 12.9. The van der Waals surface area contributed by atoms with E-state index in [2.05, 4.69) is 11.8 Å². The second kappa shape index (κ2) is 6.66. The lowest BCUT2D eigenvalue weighted by molar-refractivity contribution is -0.145. The van der Waals surface area contributed by atoms with Crippen molar-refractivity contribution < 1.29 is 14.3 Å². The summed E-state index contributed by atoms with van der Waals surface area (Å²) in [7, 11) is 0. The van der Waals surface area contributed by atoms with Crippen LogP contribution >= 0.6 is 0 Å². The van der Waals surface area contributed by atoms with Crippen LogP contribution in [-0.2, 0) is 20.7 Å². The Balaban J connectivity index is 2.06. The quantitative estimate of drug-likeness (QED) is 0.613. The Hall–Kier alpha value is -2.32. The van der Waals surface area contributed by atoms with Crippen LogP contribution in [-0.4, -0.2) is 48.1 Å². The van der Waals surface area contributed by atoms with Crippen LogP contribution in [0.25, 0.3) is 0 Å². The first-order chi connectivity index (χ1) is 11.6. The van der Waals surface area contributed by atoms with Crippen molar-refractivity contribution in [3.8, 4) is 11.8 Å². The van der Waals surface area contributed by atoms with Crippen molar-refractivity contribution in [2.45, 2.75) is 33.1 Å². The SMILES string of the molecule is CC#Cc1cc(C)c(C2C(=O)N3CCOCCN3C2=O)c(CC)c1. The fourth-order valence-electron chi connectivity index (χ4n) is 3.55. The molecule has 3 rings (SSSR count). The maximum absolute atomic E-state index is 12.9. The molecule has 0 atom stereocenters. The number of amides is 2. The predicted molar refractivity (Wildman–Crippen MR) is 90.1 cm³/mol. The average Bonchev–Trinajstić information content (AvgIpc) is 2.75. The molecule has 2 amide bonds. The van der Waals surface area contributed by atoms with Gasteiger partial charge in [0.25, 0.3) is 11.8 Å². The minimum atomic E-state index is -0.735. The average molecular weight is 326 g/mol. The number of aryl methyl sites for hydroxylation is 2. The molecule has 0 N–H and O–H groups in total. The first kappa shape index (κ1) is 16.5. The van der Waals surface area contributed by atoms with E-state index in [9.17, 15) is 9.59 Å². The van der Waals surface area contributed by atoms with Gasteiger partial charge >= 0.3 is 0 Å². The molecule has 0 bridgehead atoms. The summed E-state index contributed by atoms with van der Waals surface area (Å²) < 4.78 is 5.38. The molecule has 0 aromatic heterocycles. The normalized spacial score (nSPS) is 18.3. The molecule has 24 heavy (non-hydrogen) atoms. The second-order valence-corrected chi connectivity index (χ2v) is 6.06. The van der Waals surface area contributed by atoms with Crippen LogP contribution in [0.2, 0.25) is 0 Å². The first-order valence-electron chi connectivity index (χ1n) is 8.35. The van der Waals surface area contributed by atoms with Crippen molar-refractivity contribution in [2.24, 2.45) is 0 Å². The summed E-state index contributed by atoms with van der Waals surface area (Å²) in [6.07, 6.45) is 0.760. The van der Waals surface area contributed by atoms with Gasteiger partial charge in [-0.25, -0.2) is 10.0 Å². The summed E-state index contributed by atoms with van der Waals surface area (Å²) in [5.74, 6) is 4.95. The lowest BCUT2D eigenvalue weighted by Gasteiger charge is -2.23. The standard InChI is InChI=1S/C19H22N2O3/c1-4-6-14-11-13(3)16(15(5-2)12-14)17-18(22)20-7-9-24-10-8-21(20)19(17)23/h11-12,17H,5,7-10H2,1-3H3. The summed E-state index contributed by atoms with van der Waals surface area (Å²) >= 11 is 0. The largest absolute Gasteiger partial charge is 0.378 e. The van der Waals surface area contributed by atoms with Crippen molar-refractivity contribution in [2.75, 3.05) is 26.3 Å². The highest BCUT2D eigenvalue weighted by molar-refractivity contribution is 6.10. The highest BCUT2D eigenvalue weighted by Crippen LogP contribution is 2.34. The molecule has 2 aliphatic rings. The Labute approximate surface area is 142 Å². The second-order valence-electron chi connectivity index (χ2n) is 6.06. The smallest absolute Gasteiger partial charge is 0.258 e. The van der Waals surface area contributed by atoms with E-state index < -0.39 is 5.92 Å². The number of ether oxygens (including phenoxy) is 1. The third kappa shape index (κ3) is 2.67.